The van der Waals surface area contributed by atoms with Gasteiger partial charge in [0.1, 0.15) is 5.75 Å². The molecule has 1 amide bonds. The number of amides is 1. The van der Waals surface area contributed by atoms with Crippen molar-refractivity contribution in [3.05, 3.63) is 28.2 Å². The second-order valence-electron chi connectivity index (χ2n) is 3.02. The van der Waals surface area contributed by atoms with Crippen LogP contribution in [0.2, 0.25) is 0 Å². The molecular formula is C10H10BrNO4. The minimum absolute atomic E-state index is 0.118. The molecule has 0 heterocycles. The van der Waals surface area contributed by atoms with Gasteiger partial charge in [-0.15, -0.1) is 0 Å². The molecule has 0 atom stereocenters. The molecule has 0 aliphatic heterocycles. The molecule has 1 aromatic rings. The van der Waals surface area contributed by atoms with Crippen molar-refractivity contribution in [2.24, 2.45) is 5.73 Å². The molecule has 0 radical (unpaired) electrons. The van der Waals surface area contributed by atoms with Crippen molar-refractivity contribution in [3.63, 3.8) is 0 Å². The van der Waals surface area contributed by atoms with Crippen LogP contribution in [0.1, 0.15) is 16.8 Å². The molecule has 0 unspecified atom stereocenters. The van der Waals surface area contributed by atoms with E-state index >= 15 is 0 Å². The number of carboxylic acid groups (broad SMARTS) is 1. The van der Waals surface area contributed by atoms with Crippen LogP contribution in [-0.4, -0.2) is 23.6 Å². The zero-order chi connectivity index (χ0) is 12.1. The van der Waals surface area contributed by atoms with E-state index in [-0.39, 0.29) is 18.6 Å². The Kier molecular flexibility index (Phi) is 4.30. The highest BCUT2D eigenvalue weighted by molar-refractivity contribution is 9.10. The molecular weight excluding hydrogens is 278 g/mol. The van der Waals surface area contributed by atoms with E-state index in [4.69, 9.17) is 15.6 Å². The molecule has 1 aromatic carbocycles. The van der Waals surface area contributed by atoms with Crippen LogP contribution in [-0.2, 0) is 4.79 Å². The third-order valence-electron chi connectivity index (χ3n) is 1.78. The first-order valence-corrected chi connectivity index (χ1v) is 5.24. The second kappa shape index (κ2) is 5.50. The van der Waals surface area contributed by atoms with Crippen molar-refractivity contribution in [2.75, 3.05) is 6.61 Å². The number of primary amides is 1. The third-order valence-corrected chi connectivity index (χ3v) is 2.40. The van der Waals surface area contributed by atoms with Gasteiger partial charge in [0, 0.05) is 0 Å². The minimum Gasteiger partial charge on any atom is -0.492 e. The Labute approximate surface area is 100 Å². The van der Waals surface area contributed by atoms with Gasteiger partial charge >= 0.3 is 5.97 Å². The lowest BCUT2D eigenvalue weighted by molar-refractivity contribution is -0.118. The van der Waals surface area contributed by atoms with Crippen molar-refractivity contribution in [1.29, 1.82) is 0 Å². The zero-order valence-electron chi connectivity index (χ0n) is 8.27. The third kappa shape index (κ3) is 3.54. The number of aromatic carboxylic acids is 1. The summed E-state index contributed by atoms with van der Waals surface area (Å²) in [7, 11) is 0. The van der Waals surface area contributed by atoms with Crippen molar-refractivity contribution in [3.8, 4) is 5.75 Å². The number of rotatable bonds is 5. The van der Waals surface area contributed by atoms with Crippen molar-refractivity contribution < 1.29 is 19.4 Å². The molecule has 5 nitrogen and oxygen atoms in total. The molecule has 0 bridgehead atoms. The number of carbonyl (C=O) groups is 2. The number of carbonyl (C=O) groups excluding carboxylic acids is 1. The van der Waals surface area contributed by atoms with Gasteiger partial charge < -0.3 is 15.6 Å². The first kappa shape index (κ1) is 12.5. The maximum absolute atomic E-state index is 10.6. The SMILES string of the molecule is NC(=O)CCOc1ccc(C(=O)O)cc1Br. The predicted molar refractivity (Wildman–Crippen MR) is 60.4 cm³/mol. The van der Waals surface area contributed by atoms with E-state index in [0.29, 0.717) is 10.2 Å². The molecule has 0 saturated heterocycles. The van der Waals surface area contributed by atoms with Crippen molar-refractivity contribution >= 4 is 27.8 Å². The van der Waals surface area contributed by atoms with Gasteiger partial charge in [-0.1, -0.05) is 0 Å². The van der Waals surface area contributed by atoms with Crippen LogP contribution in [0, 0.1) is 0 Å². The molecule has 3 N–H and O–H groups in total. The smallest absolute Gasteiger partial charge is 0.335 e. The van der Waals surface area contributed by atoms with E-state index in [1.807, 2.05) is 0 Å². The lowest BCUT2D eigenvalue weighted by Gasteiger charge is -2.07. The summed E-state index contributed by atoms with van der Waals surface area (Å²) in [6, 6.07) is 4.38. The van der Waals surface area contributed by atoms with Gasteiger partial charge in [-0.25, -0.2) is 4.79 Å². The highest BCUT2D eigenvalue weighted by atomic mass is 79.9. The van der Waals surface area contributed by atoms with E-state index in [1.165, 1.54) is 18.2 Å². The maximum Gasteiger partial charge on any atom is 0.335 e. The first-order chi connectivity index (χ1) is 7.50. The predicted octanol–water partition coefficient (Wildman–Crippen LogP) is 1.40. The molecule has 0 fully saturated rings. The Morgan fingerprint density at radius 2 is 2.12 bits per heavy atom. The molecule has 16 heavy (non-hydrogen) atoms. The van der Waals surface area contributed by atoms with E-state index < -0.39 is 11.9 Å². The van der Waals surface area contributed by atoms with Crippen molar-refractivity contribution in [1.82, 2.24) is 0 Å². The van der Waals surface area contributed by atoms with Gasteiger partial charge in [-0.2, -0.15) is 0 Å². The fraction of sp³-hybridized carbons (Fsp3) is 0.200. The molecule has 6 heteroatoms. The number of halogens is 1. The summed E-state index contributed by atoms with van der Waals surface area (Å²) >= 11 is 3.18. The van der Waals surface area contributed by atoms with Crippen LogP contribution in [0.5, 0.6) is 5.75 Å². The maximum atomic E-state index is 10.6. The number of ether oxygens (including phenoxy) is 1. The van der Waals surface area contributed by atoms with Gasteiger partial charge in [-0.3, -0.25) is 4.79 Å². The first-order valence-electron chi connectivity index (χ1n) is 4.44. The van der Waals surface area contributed by atoms with E-state index in [2.05, 4.69) is 15.9 Å². The molecule has 0 aromatic heterocycles. The zero-order valence-corrected chi connectivity index (χ0v) is 9.86. The van der Waals surface area contributed by atoms with E-state index in [1.54, 1.807) is 0 Å². The van der Waals surface area contributed by atoms with Gasteiger partial charge in [0.25, 0.3) is 0 Å². The molecule has 86 valence electrons. The van der Waals surface area contributed by atoms with Crippen LogP contribution in [0.15, 0.2) is 22.7 Å². The Morgan fingerprint density at radius 3 is 2.62 bits per heavy atom. The summed E-state index contributed by atoms with van der Waals surface area (Å²) in [6.45, 7) is 0.167. The van der Waals surface area contributed by atoms with Crippen LogP contribution >= 0.6 is 15.9 Å². The van der Waals surface area contributed by atoms with Crippen molar-refractivity contribution in [2.45, 2.75) is 6.42 Å². The highest BCUT2D eigenvalue weighted by Gasteiger charge is 2.07. The summed E-state index contributed by atoms with van der Waals surface area (Å²) in [5, 5.41) is 8.73. The largest absolute Gasteiger partial charge is 0.492 e. The second-order valence-corrected chi connectivity index (χ2v) is 3.87. The molecule has 0 aliphatic carbocycles. The number of carboxylic acids is 1. The molecule has 0 saturated carbocycles. The van der Waals surface area contributed by atoms with Crippen LogP contribution in [0.3, 0.4) is 0 Å². The van der Waals surface area contributed by atoms with Gasteiger partial charge in [-0.05, 0) is 34.1 Å². The molecule has 1 rings (SSSR count). The van der Waals surface area contributed by atoms with E-state index in [0.717, 1.165) is 0 Å². The van der Waals surface area contributed by atoms with E-state index in [9.17, 15) is 9.59 Å². The fourth-order valence-electron chi connectivity index (χ4n) is 1.01. The monoisotopic (exact) mass is 287 g/mol. The fourth-order valence-corrected chi connectivity index (χ4v) is 1.51. The summed E-state index contributed by atoms with van der Waals surface area (Å²) in [4.78, 5) is 21.1. The minimum atomic E-state index is -1.01. The number of benzene rings is 1. The number of hydrogen-bond acceptors (Lipinski definition) is 3. The number of hydrogen-bond donors (Lipinski definition) is 2. The lowest BCUT2D eigenvalue weighted by atomic mass is 10.2. The quantitative estimate of drug-likeness (QED) is 0.857. The molecule has 0 aliphatic rings. The Balaban J connectivity index is 2.68. The Morgan fingerprint density at radius 1 is 1.44 bits per heavy atom. The summed E-state index contributed by atoms with van der Waals surface area (Å²) in [5.41, 5.74) is 5.11. The van der Waals surface area contributed by atoms with Gasteiger partial charge in [0.05, 0.1) is 23.1 Å². The number of nitrogens with two attached hydrogens (primary N) is 1. The lowest BCUT2D eigenvalue weighted by Crippen LogP contribution is -2.14. The summed E-state index contributed by atoms with van der Waals surface area (Å²) < 4.78 is 5.77. The topological polar surface area (TPSA) is 89.6 Å². The highest BCUT2D eigenvalue weighted by Crippen LogP contribution is 2.26. The molecule has 0 spiro atoms. The summed E-state index contributed by atoms with van der Waals surface area (Å²) in [6.07, 6.45) is 0.118. The van der Waals surface area contributed by atoms with Crippen LogP contribution in [0.25, 0.3) is 0 Å². The normalized spacial score (nSPS) is 9.81. The average molecular weight is 288 g/mol. The van der Waals surface area contributed by atoms with Gasteiger partial charge in [0.2, 0.25) is 5.91 Å². The Hall–Kier alpha value is -1.56. The Bertz CT molecular complexity index is 419. The van der Waals surface area contributed by atoms with Crippen LogP contribution < -0.4 is 10.5 Å². The average Bonchev–Trinajstić information content (AvgIpc) is 2.19. The van der Waals surface area contributed by atoms with Gasteiger partial charge in [0.15, 0.2) is 0 Å². The summed E-state index contributed by atoms with van der Waals surface area (Å²) in [5.74, 6) is -0.978. The standard InChI is InChI=1S/C10H10BrNO4/c11-7-5-6(10(14)15)1-2-8(7)16-4-3-9(12)13/h1-2,5H,3-4H2,(H2,12,13)(H,14,15). The van der Waals surface area contributed by atoms with Crippen LogP contribution in [0.4, 0.5) is 0 Å².